The Morgan fingerprint density at radius 3 is 2.19 bits per heavy atom. The average molecular weight is 366 g/mol. The zero-order valence-electron chi connectivity index (χ0n) is 13.1. The van der Waals surface area contributed by atoms with Gasteiger partial charge in [0, 0.05) is 12.4 Å². The molecule has 2 rings (SSSR count). The summed E-state index contributed by atoms with van der Waals surface area (Å²) in [6.07, 6.45) is 6.18. The molecule has 1 heterocycles. The van der Waals surface area contributed by atoms with Crippen molar-refractivity contribution in [1.82, 2.24) is 4.57 Å². The van der Waals surface area contributed by atoms with Crippen LogP contribution in [0.1, 0.15) is 12.0 Å². The fraction of sp³-hybridized carbons (Fsp3) is 0.412. The summed E-state index contributed by atoms with van der Waals surface area (Å²) < 4.78 is 8.81. The monoisotopic (exact) mass is 365 g/mol. The lowest BCUT2D eigenvalue weighted by atomic mass is 10.0. The molecule has 0 aliphatic carbocycles. The van der Waals surface area contributed by atoms with Gasteiger partial charge in [-0.25, -0.2) is 0 Å². The van der Waals surface area contributed by atoms with E-state index >= 15 is 0 Å². The van der Waals surface area contributed by atoms with E-state index in [2.05, 4.69) is 95.0 Å². The van der Waals surface area contributed by atoms with Crippen LogP contribution in [0.4, 0.5) is 0 Å². The quantitative estimate of drug-likeness (QED) is 0.496. The zero-order chi connectivity index (χ0) is 15.3. The van der Waals surface area contributed by atoms with E-state index in [1.165, 1.54) is 5.56 Å². The van der Waals surface area contributed by atoms with Gasteiger partial charge in [0.2, 0.25) is 0 Å². The molecule has 2 nitrogen and oxygen atoms in total. The van der Waals surface area contributed by atoms with Crippen LogP contribution in [-0.4, -0.2) is 18.2 Å². The highest BCUT2D eigenvalue weighted by atomic mass is 79.9. The SMILES string of the molecule is C[Si](C)(C)OC(CBr)(CCc1ccccc1)n1cccc1. The number of alkyl halides is 1. The Morgan fingerprint density at radius 1 is 1.05 bits per heavy atom. The van der Waals surface area contributed by atoms with Gasteiger partial charge >= 0.3 is 0 Å². The van der Waals surface area contributed by atoms with Crippen molar-refractivity contribution < 1.29 is 4.43 Å². The van der Waals surface area contributed by atoms with E-state index in [9.17, 15) is 0 Å². The number of hydrogen-bond acceptors (Lipinski definition) is 1. The Labute approximate surface area is 137 Å². The van der Waals surface area contributed by atoms with Crippen LogP contribution < -0.4 is 0 Å². The fourth-order valence-electron chi connectivity index (χ4n) is 2.56. The van der Waals surface area contributed by atoms with Gasteiger partial charge in [0.1, 0.15) is 5.72 Å². The van der Waals surface area contributed by atoms with E-state index in [0.717, 1.165) is 18.2 Å². The molecule has 0 radical (unpaired) electrons. The number of benzene rings is 1. The summed E-state index contributed by atoms with van der Waals surface area (Å²) >= 11 is 3.70. The second kappa shape index (κ2) is 6.94. The summed E-state index contributed by atoms with van der Waals surface area (Å²) in [6.45, 7) is 6.74. The molecule has 21 heavy (non-hydrogen) atoms. The van der Waals surface area contributed by atoms with Crippen LogP contribution in [0.15, 0.2) is 54.9 Å². The molecule has 1 aromatic heterocycles. The highest BCUT2D eigenvalue weighted by Gasteiger charge is 2.36. The smallest absolute Gasteiger partial charge is 0.186 e. The van der Waals surface area contributed by atoms with Crippen LogP contribution in [-0.2, 0) is 16.6 Å². The second-order valence-corrected chi connectivity index (χ2v) is 11.4. The second-order valence-electron chi connectivity index (χ2n) is 6.37. The third-order valence-corrected chi connectivity index (χ3v) is 5.30. The van der Waals surface area contributed by atoms with Crippen molar-refractivity contribution in [3.63, 3.8) is 0 Å². The third kappa shape index (κ3) is 4.56. The molecule has 2 aromatic rings. The molecule has 0 spiro atoms. The molecule has 0 saturated heterocycles. The molecule has 0 aliphatic heterocycles. The number of halogens is 1. The predicted octanol–water partition coefficient (Wildman–Crippen LogP) is 5.02. The lowest BCUT2D eigenvalue weighted by Crippen LogP contribution is -2.46. The standard InChI is InChI=1S/C17H24BrNOSi/c1-21(2,3)20-17(15-18,19-13-7-8-14-19)12-11-16-9-5-4-6-10-16/h4-10,13-14H,11-12,15H2,1-3H3. The zero-order valence-corrected chi connectivity index (χ0v) is 15.6. The van der Waals surface area contributed by atoms with E-state index in [0.29, 0.717) is 0 Å². The first-order chi connectivity index (χ1) is 9.95. The van der Waals surface area contributed by atoms with Crippen molar-refractivity contribution in [2.24, 2.45) is 0 Å². The molecule has 1 atom stereocenters. The molecule has 1 unspecified atom stereocenters. The van der Waals surface area contributed by atoms with Crippen molar-refractivity contribution in [1.29, 1.82) is 0 Å². The predicted molar refractivity (Wildman–Crippen MR) is 95.4 cm³/mol. The maximum atomic E-state index is 6.60. The molecule has 4 heteroatoms. The van der Waals surface area contributed by atoms with Crippen molar-refractivity contribution in [2.75, 3.05) is 5.33 Å². The van der Waals surface area contributed by atoms with Gasteiger partial charge < -0.3 is 8.99 Å². The molecule has 0 saturated carbocycles. The molecule has 0 fully saturated rings. The van der Waals surface area contributed by atoms with Gasteiger partial charge in [-0.2, -0.15) is 0 Å². The van der Waals surface area contributed by atoms with E-state index < -0.39 is 8.32 Å². The molecule has 0 N–H and O–H groups in total. The minimum atomic E-state index is -1.66. The van der Waals surface area contributed by atoms with Crippen LogP contribution in [0.25, 0.3) is 0 Å². The van der Waals surface area contributed by atoms with E-state index in [4.69, 9.17) is 4.43 Å². The Balaban J connectivity index is 2.23. The number of aromatic nitrogens is 1. The van der Waals surface area contributed by atoms with Crippen molar-refractivity contribution >= 4 is 24.2 Å². The lowest BCUT2D eigenvalue weighted by molar-refractivity contribution is 0.000409. The van der Waals surface area contributed by atoms with E-state index in [1.54, 1.807) is 0 Å². The molecule has 0 bridgehead atoms. The Kier molecular flexibility index (Phi) is 5.46. The summed E-state index contributed by atoms with van der Waals surface area (Å²) in [5.41, 5.74) is 1.05. The maximum Gasteiger partial charge on any atom is 0.186 e. The summed E-state index contributed by atoms with van der Waals surface area (Å²) in [7, 11) is -1.66. The van der Waals surface area contributed by atoms with Crippen molar-refractivity contribution in [2.45, 2.75) is 38.2 Å². The highest BCUT2D eigenvalue weighted by Crippen LogP contribution is 2.31. The van der Waals surface area contributed by atoms with Gasteiger partial charge in [0.05, 0.1) is 5.33 Å². The maximum absolute atomic E-state index is 6.60. The summed E-state index contributed by atoms with van der Waals surface area (Å²) in [4.78, 5) is 0. The largest absolute Gasteiger partial charge is 0.395 e. The molecular weight excluding hydrogens is 342 g/mol. The van der Waals surface area contributed by atoms with Gasteiger partial charge in [-0.1, -0.05) is 46.3 Å². The molecular formula is C17H24BrNOSi. The van der Waals surface area contributed by atoms with Crippen LogP contribution in [0.2, 0.25) is 19.6 Å². The van der Waals surface area contributed by atoms with E-state index in [1.807, 2.05) is 0 Å². The summed E-state index contributed by atoms with van der Waals surface area (Å²) in [5, 5.41) is 0.797. The van der Waals surface area contributed by atoms with E-state index in [-0.39, 0.29) is 5.72 Å². The molecule has 0 amide bonds. The van der Waals surface area contributed by atoms with Crippen LogP contribution in [0.3, 0.4) is 0 Å². The topological polar surface area (TPSA) is 14.2 Å². The third-order valence-electron chi connectivity index (χ3n) is 3.43. The number of hydrogen-bond donors (Lipinski definition) is 0. The first-order valence-corrected chi connectivity index (χ1v) is 11.9. The van der Waals surface area contributed by atoms with Gasteiger partial charge in [-0.15, -0.1) is 0 Å². The first kappa shape index (κ1) is 16.5. The van der Waals surface area contributed by atoms with Gasteiger partial charge in [-0.05, 0) is 50.2 Å². The molecule has 1 aromatic carbocycles. The molecule has 0 aliphatic rings. The minimum Gasteiger partial charge on any atom is -0.395 e. The van der Waals surface area contributed by atoms with Crippen LogP contribution >= 0.6 is 15.9 Å². The average Bonchev–Trinajstić information content (AvgIpc) is 2.98. The van der Waals surface area contributed by atoms with Crippen molar-refractivity contribution in [3.8, 4) is 0 Å². The van der Waals surface area contributed by atoms with Crippen LogP contribution in [0.5, 0.6) is 0 Å². The summed E-state index contributed by atoms with van der Waals surface area (Å²) in [6, 6.07) is 14.7. The normalized spacial score (nSPS) is 14.9. The molecule has 114 valence electrons. The fourth-order valence-corrected chi connectivity index (χ4v) is 4.87. The Hall–Kier alpha value is -0.843. The lowest BCUT2D eigenvalue weighted by Gasteiger charge is -2.39. The van der Waals surface area contributed by atoms with Crippen LogP contribution in [0, 0.1) is 0 Å². The Bertz CT molecular complexity index is 536. The van der Waals surface area contributed by atoms with Gasteiger partial charge in [0.15, 0.2) is 8.32 Å². The number of nitrogens with zero attached hydrogens (tertiary/aromatic N) is 1. The van der Waals surface area contributed by atoms with Gasteiger partial charge in [0.25, 0.3) is 0 Å². The number of rotatable bonds is 7. The number of aryl methyl sites for hydroxylation is 1. The van der Waals surface area contributed by atoms with Gasteiger partial charge in [-0.3, -0.25) is 0 Å². The minimum absolute atomic E-state index is 0.302. The Morgan fingerprint density at radius 2 is 1.67 bits per heavy atom. The van der Waals surface area contributed by atoms with Crippen molar-refractivity contribution in [3.05, 3.63) is 60.4 Å². The highest BCUT2D eigenvalue weighted by molar-refractivity contribution is 9.09. The first-order valence-electron chi connectivity index (χ1n) is 7.39. The summed E-state index contributed by atoms with van der Waals surface area (Å²) in [5.74, 6) is 0.